The lowest BCUT2D eigenvalue weighted by molar-refractivity contribution is 0.171. The molecule has 0 spiro atoms. The number of ether oxygens (including phenoxy) is 2. The van der Waals surface area contributed by atoms with Crippen molar-refractivity contribution < 1.29 is 17.9 Å². The maximum absolute atomic E-state index is 12.4. The zero-order valence-electron chi connectivity index (χ0n) is 13.4. The molecule has 25 heavy (non-hydrogen) atoms. The number of nitrogens with one attached hydrogen (secondary N) is 1. The summed E-state index contributed by atoms with van der Waals surface area (Å²) in [4.78, 5) is 0.180. The van der Waals surface area contributed by atoms with Gasteiger partial charge in [0.05, 0.1) is 4.90 Å². The van der Waals surface area contributed by atoms with Gasteiger partial charge in [0.25, 0.3) is 0 Å². The highest BCUT2D eigenvalue weighted by Gasteiger charge is 2.18. The van der Waals surface area contributed by atoms with Crippen molar-refractivity contribution in [3.8, 4) is 11.5 Å². The van der Waals surface area contributed by atoms with Crippen molar-refractivity contribution in [1.29, 1.82) is 0 Å². The second-order valence-corrected chi connectivity index (χ2v) is 8.69. The first kappa shape index (κ1) is 18.4. The molecule has 0 aliphatic carbocycles. The van der Waals surface area contributed by atoms with Crippen molar-refractivity contribution in [2.45, 2.75) is 10.6 Å². The molecule has 0 saturated heterocycles. The van der Waals surface area contributed by atoms with Crippen molar-refractivity contribution in [1.82, 2.24) is 4.72 Å². The van der Waals surface area contributed by atoms with Gasteiger partial charge in [-0.3, -0.25) is 0 Å². The standard InChI is InChI=1S/C17H18ClNO4S2/c18-14-3-1-13(2-4-14)12-24-10-7-19-25(20,21)15-5-6-16-17(11-15)23-9-8-22-16/h1-6,11,19H,7-10,12H2. The average Bonchev–Trinajstić information content (AvgIpc) is 2.62. The van der Waals surface area contributed by atoms with Gasteiger partial charge in [0.1, 0.15) is 13.2 Å². The number of fused-ring (bicyclic) bond motifs is 1. The van der Waals surface area contributed by atoms with Gasteiger partial charge in [-0.2, -0.15) is 11.8 Å². The number of benzene rings is 2. The van der Waals surface area contributed by atoms with Crippen LogP contribution in [0.4, 0.5) is 0 Å². The van der Waals surface area contributed by atoms with Crippen molar-refractivity contribution in [3.05, 3.63) is 53.1 Å². The molecule has 8 heteroatoms. The van der Waals surface area contributed by atoms with Gasteiger partial charge in [-0.05, 0) is 29.8 Å². The number of halogens is 1. The van der Waals surface area contributed by atoms with E-state index in [0.29, 0.717) is 42.0 Å². The maximum Gasteiger partial charge on any atom is 0.240 e. The van der Waals surface area contributed by atoms with E-state index in [-0.39, 0.29) is 4.90 Å². The van der Waals surface area contributed by atoms with Gasteiger partial charge in [0.15, 0.2) is 11.5 Å². The molecule has 3 rings (SSSR count). The predicted octanol–water partition coefficient (Wildman–Crippen LogP) is 3.32. The third-order valence-electron chi connectivity index (χ3n) is 3.54. The molecule has 0 amide bonds. The second kappa shape index (κ2) is 8.31. The summed E-state index contributed by atoms with van der Waals surface area (Å²) in [6.45, 7) is 1.25. The number of thioether (sulfide) groups is 1. The van der Waals surface area contributed by atoms with E-state index in [1.807, 2.05) is 24.3 Å². The van der Waals surface area contributed by atoms with E-state index >= 15 is 0 Å². The summed E-state index contributed by atoms with van der Waals surface area (Å²) in [5, 5.41) is 0.709. The van der Waals surface area contributed by atoms with E-state index in [9.17, 15) is 8.42 Å². The molecule has 1 heterocycles. The molecule has 1 aliphatic heterocycles. The molecule has 1 aliphatic rings. The molecule has 1 N–H and O–H groups in total. The Labute approximate surface area is 156 Å². The molecule has 0 bridgehead atoms. The summed E-state index contributed by atoms with van der Waals surface area (Å²) in [6.07, 6.45) is 0. The van der Waals surface area contributed by atoms with Gasteiger partial charge in [-0.1, -0.05) is 23.7 Å². The largest absolute Gasteiger partial charge is 0.486 e. The molecule has 0 atom stereocenters. The van der Waals surface area contributed by atoms with Crippen molar-refractivity contribution in [2.75, 3.05) is 25.5 Å². The Kier molecular flexibility index (Phi) is 6.11. The monoisotopic (exact) mass is 399 g/mol. The van der Waals surface area contributed by atoms with E-state index < -0.39 is 10.0 Å². The van der Waals surface area contributed by atoms with Gasteiger partial charge in [-0.15, -0.1) is 0 Å². The second-order valence-electron chi connectivity index (χ2n) is 5.38. The first-order valence-corrected chi connectivity index (χ1v) is 10.8. The lowest BCUT2D eigenvalue weighted by Crippen LogP contribution is -2.26. The average molecular weight is 400 g/mol. The fourth-order valence-electron chi connectivity index (χ4n) is 2.29. The van der Waals surface area contributed by atoms with Gasteiger partial charge in [0, 0.05) is 29.1 Å². The van der Waals surface area contributed by atoms with Crippen molar-refractivity contribution >= 4 is 33.4 Å². The van der Waals surface area contributed by atoms with Crippen LogP contribution in [0.5, 0.6) is 11.5 Å². The van der Waals surface area contributed by atoms with E-state index in [4.69, 9.17) is 21.1 Å². The normalized spacial score (nSPS) is 13.6. The zero-order valence-corrected chi connectivity index (χ0v) is 15.8. The molecule has 0 unspecified atom stereocenters. The van der Waals surface area contributed by atoms with Gasteiger partial charge in [0.2, 0.25) is 10.0 Å². The third-order valence-corrected chi connectivity index (χ3v) is 6.29. The van der Waals surface area contributed by atoms with Crippen LogP contribution in [-0.2, 0) is 15.8 Å². The van der Waals surface area contributed by atoms with E-state index in [1.165, 1.54) is 12.1 Å². The predicted molar refractivity (Wildman–Crippen MR) is 100 cm³/mol. The molecule has 5 nitrogen and oxygen atoms in total. The third kappa shape index (κ3) is 5.04. The first-order chi connectivity index (χ1) is 12.0. The molecular formula is C17H18ClNO4S2. The molecule has 0 aromatic heterocycles. The van der Waals surface area contributed by atoms with Gasteiger partial charge < -0.3 is 9.47 Å². The lowest BCUT2D eigenvalue weighted by Gasteiger charge is -2.18. The van der Waals surface area contributed by atoms with Crippen LogP contribution in [0.25, 0.3) is 0 Å². The number of sulfonamides is 1. The van der Waals surface area contributed by atoms with Crippen LogP contribution in [0, 0.1) is 0 Å². The SMILES string of the molecule is O=S(=O)(NCCSCc1ccc(Cl)cc1)c1ccc2c(c1)OCCO2. The Morgan fingerprint density at radius 3 is 2.52 bits per heavy atom. The molecule has 134 valence electrons. The Bertz CT molecular complexity index is 825. The van der Waals surface area contributed by atoms with Gasteiger partial charge >= 0.3 is 0 Å². The van der Waals surface area contributed by atoms with E-state index in [1.54, 1.807) is 17.8 Å². The lowest BCUT2D eigenvalue weighted by atomic mass is 10.2. The summed E-state index contributed by atoms with van der Waals surface area (Å²) >= 11 is 7.50. The Morgan fingerprint density at radius 2 is 1.76 bits per heavy atom. The molecule has 0 fully saturated rings. The summed E-state index contributed by atoms with van der Waals surface area (Å²) in [7, 11) is -3.56. The van der Waals surface area contributed by atoms with Gasteiger partial charge in [-0.25, -0.2) is 13.1 Å². The van der Waals surface area contributed by atoms with E-state index in [0.717, 1.165) is 11.3 Å². The van der Waals surface area contributed by atoms with Crippen LogP contribution in [0.15, 0.2) is 47.4 Å². The minimum Gasteiger partial charge on any atom is -0.486 e. The highest BCUT2D eigenvalue weighted by molar-refractivity contribution is 7.98. The summed E-state index contributed by atoms with van der Waals surface area (Å²) in [5.74, 6) is 2.52. The number of hydrogen-bond donors (Lipinski definition) is 1. The Morgan fingerprint density at radius 1 is 1.04 bits per heavy atom. The first-order valence-electron chi connectivity index (χ1n) is 7.76. The summed E-state index contributed by atoms with van der Waals surface area (Å²) in [5.41, 5.74) is 1.16. The van der Waals surface area contributed by atoms with Crippen molar-refractivity contribution in [3.63, 3.8) is 0 Å². The van der Waals surface area contributed by atoms with Crippen LogP contribution >= 0.6 is 23.4 Å². The maximum atomic E-state index is 12.4. The molecular weight excluding hydrogens is 382 g/mol. The zero-order chi connectivity index (χ0) is 17.7. The van der Waals surface area contributed by atoms with Crippen LogP contribution in [0.3, 0.4) is 0 Å². The fourth-order valence-corrected chi connectivity index (χ4v) is 4.41. The quantitative estimate of drug-likeness (QED) is 0.723. The van der Waals surface area contributed by atoms with Crippen LogP contribution in [0.2, 0.25) is 5.02 Å². The Balaban J connectivity index is 1.49. The van der Waals surface area contributed by atoms with Crippen LogP contribution in [0.1, 0.15) is 5.56 Å². The minimum absolute atomic E-state index is 0.180. The highest BCUT2D eigenvalue weighted by atomic mass is 35.5. The van der Waals surface area contributed by atoms with Crippen LogP contribution in [-0.4, -0.2) is 33.9 Å². The summed E-state index contributed by atoms with van der Waals surface area (Å²) < 4.78 is 38.2. The summed E-state index contributed by atoms with van der Waals surface area (Å²) in [6, 6.07) is 12.3. The molecule has 0 saturated carbocycles. The molecule has 2 aromatic carbocycles. The molecule has 0 radical (unpaired) electrons. The smallest absolute Gasteiger partial charge is 0.240 e. The topological polar surface area (TPSA) is 64.6 Å². The van der Waals surface area contributed by atoms with Crippen molar-refractivity contribution in [2.24, 2.45) is 0 Å². The van der Waals surface area contributed by atoms with E-state index in [2.05, 4.69) is 4.72 Å². The highest BCUT2D eigenvalue weighted by Crippen LogP contribution is 2.32. The number of rotatable bonds is 7. The Hall–Kier alpha value is -1.41. The fraction of sp³-hybridized carbons (Fsp3) is 0.294. The number of hydrogen-bond acceptors (Lipinski definition) is 5. The minimum atomic E-state index is -3.56. The molecule has 2 aromatic rings. The van der Waals surface area contributed by atoms with Crippen LogP contribution < -0.4 is 14.2 Å².